The quantitative estimate of drug-likeness (QED) is 0.718. The van der Waals surface area contributed by atoms with E-state index in [2.05, 4.69) is 30.1 Å². The summed E-state index contributed by atoms with van der Waals surface area (Å²) in [5, 5.41) is 15.9. The van der Waals surface area contributed by atoms with Crippen molar-refractivity contribution >= 4 is 11.9 Å². The Kier molecular flexibility index (Phi) is 7.36. The summed E-state index contributed by atoms with van der Waals surface area (Å²) in [5.41, 5.74) is 2.18. The van der Waals surface area contributed by atoms with Crippen LogP contribution in [-0.4, -0.2) is 66.7 Å². The highest BCUT2D eigenvalue weighted by atomic mass is 19.4. The Bertz CT molecular complexity index is 867. The number of aliphatic carboxylic acids is 1. The van der Waals surface area contributed by atoms with E-state index in [9.17, 15) is 17.6 Å². The molecule has 9 nitrogen and oxygen atoms in total. The monoisotopic (exact) mass is 445 g/mol. The summed E-state index contributed by atoms with van der Waals surface area (Å²) < 4.78 is 46.8. The lowest BCUT2D eigenvalue weighted by Crippen LogP contribution is -2.30. The highest BCUT2D eigenvalue weighted by molar-refractivity contribution is 5.73. The van der Waals surface area contributed by atoms with Crippen LogP contribution in [-0.2, 0) is 24.4 Å². The molecule has 0 amide bonds. The first-order valence-electron chi connectivity index (χ1n) is 9.90. The van der Waals surface area contributed by atoms with Crippen LogP contribution in [0.5, 0.6) is 0 Å². The van der Waals surface area contributed by atoms with E-state index in [1.165, 1.54) is 31.7 Å². The first-order valence-corrected chi connectivity index (χ1v) is 9.90. The fourth-order valence-corrected chi connectivity index (χ4v) is 3.48. The summed E-state index contributed by atoms with van der Waals surface area (Å²) in [7, 11) is 0. The Morgan fingerprint density at radius 1 is 1.03 bits per heavy atom. The molecule has 2 aliphatic rings. The molecule has 170 valence electrons. The number of alkyl halides is 3. The number of rotatable bonds is 3. The third-order valence-electron chi connectivity index (χ3n) is 5.01. The van der Waals surface area contributed by atoms with Gasteiger partial charge in [-0.3, -0.25) is 4.90 Å². The summed E-state index contributed by atoms with van der Waals surface area (Å²) in [6, 6.07) is 0. The molecule has 1 saturated heterocycles. The predicted molar refractivity (Wildman–Crippen MR) is 100 cm³/mol. The smallest absolute Gasteiger partial charge is 0.475 e. The standard InChI is InChI=1S/C16H22FN7.C2HF3O2/c17-13-9-18-16(19-10-13)23-7-4-8-24-15(12-23)14(20-21-24)11-22-5-2-1-3-6-22;3-2(4,5)1(6)7/h9-10H,1-8,11-12H2;(H,6,7). The number of anilines is 1. The van der Waals surface area contributed by atoms with E-state index < -0.39 is 18.0 Å². The van der Waals surface area contributed by atoms with Crippen LogP contribution in [0.1, 0.15) is 37.1 Å². The van der Waals surface area contributed by atoms with E-state index in [4.69, 9.17) is 9.90 Å². The van der Waals surface area contributed by atoms with Gasteiger partial charge in [-0.2, -0.15) is 13.2 Å². The Balaban J connectivity index is 0.000000339. The van der Waals surface area contributed by atoms with E-state index >= 15 is 0 Å². The van der Waals surface area contributed by atoms with Crippen LogP contribution in [0.4, 0.5) is 23.5 Å². The number of hydrogen-bond donors (Lipinski definition) is 1. The molecule has 4 rings (SSSR count). The van der Waals surface area contributed by atoms with Crippen molar-refractivity contribution in [3.05, 3.63) is 29.6 Å². The molecule has 4 heterocycles. The van der Waals surface area contributed by atoms with Gasteiger partial charge in [-0.05, 0) is 32.4 Å². The lowest BCUT2D eigenvalue weighted by molar-refractivity contribution is -0.192. The van der Waals surface area contributed by atoms with Crippen LogP contribution in [0, 0.1) is 5.82 Å². The Hall–Kier alpha value is -2.83. The van der Waals surface area contributed by atoms with E-state index in [0.29, 0.717) is 12.5 Å². The largest absolute Gasteiger partial charge is 0.490 e. The van der Waals surface area contributed by atoms with E-state index in [1.807, 2.05) is 4.68 Å². The molecule has 0 aliphatic carbocycles. The van der Waals surface area contributed by atoms with Gasteiger partial charge in [0.15, 0.2) is 5.82 Å². The lowest BCUT2D eigenvalue weighted by atomic mass is 10.1. The minimum absolute atomic E-state index is 0.411. The maximum atomic E-state index is 13.1. The van der Waals surface area contributed by atoms with Crippen LogP contribution >= 0.6 is 0 Å². The summed E-state index contributed by atoms with van der Waals surface area (Å²) >= 11 is 0. The molecule has 2 aromatic heterocycles. The van der Waals surface area contributed by atoms with Gasteiger partial charge in [0.05, 0.1) is 24.6 Å². The number of aromatic nitrogens is 5. The van der Waals surface area contributed by atoms with Gasteiger partial charge in [-0.1, -0.05) is 11.6 Å². The second kappa shape index (κ2) is 9.98. The van der Waals surface area contributed by atoms with Gasteiger partial charge in [0.2, 0.25) is 5.95 Å². The first-order chi connectivity index (χ1) is 14.7. The molecule has 0 radical (unpaired) electrons. The summed E-state index contributed by atoms with van der Waals surface area (Å²) in [6.45, 7) is 5.47. The van der Waals surface area contributed by atoms with Gasteiger partial charge >= 0.3 is 12.1 Å². The zero-order valence-electron chi connectivity index (χ0n) is 16.7. The van der Waals surface area contributed by atoms with Gasteiger partial charge in [0, 0.05) is 19.6 Å². The molecule has 1 N–H and O–H groups in total. The predicted octanol–water partition coefficient (Wildman–Crippen LogP) is 2.24. The van der Waals surface area contributed by atoms with Crippen LogP contribution in [0.3, 0.4) is 0 Å². The van der Waals surface area contributed by atoms with Crippen LogP contribution in [0.2, 0.25) is 0 Å². The number of carboxylic acid groups (broad SMARTS) is 1. The number of piperidine rings is 1. The number of hydrogen-bond acceptors (Lipinski definition) is 7. The van der Waals surface area contributed by atoms with Crippen molar-refractivity contribution in [2.24, 2.45) is 0 Å². The third kappa shape index (κ3) is 6.32. The van der Waals surface area contributed by atoms with Crippen molar-refractivity contribution < 1.29 is 27.5 Å². The zero-order chi connectivity index (χ0) is 22.4. The summed E-state index contributed by atoms with van der Waals surface area (Å²) in [4.78, 5) is 21.7. The number of aryl methyl sites for hydroxylation is 1. The number of fused-ring (bicyclic) bond motifs is 1. The van der Waals surface area contributed by atoms with Crippen molar-refractivity contribution in [2.45, 2.75) is 51.5 Å². The van der Waals surface area contributed by atoms with Crippen molar-refractivity contribution in [3.63, 3.8) is 0 Å². The molecule has 0 bridgehead atoms. The normalized spacial score (nSPS) is 17.4. The zero-order valence-corrected chi connectivity index (χ0v) is 16.7. The molecular weight excluding hydrogens is 422 g/mol. The molecule has 2 aliphatic heterocycles. The molecule has 0 unspecified atom stereocenters. The lowest BCUT2D eigenvalue weighted by Gasteiger charge is -2.26. The van der Waals surface area contributed by atoms with Gasteiger partial charge < -0.3 is 10.0 Å². The minimum Gasteiger partial charge on any atom is -0.475 e. The number of carboxylic acids is 1. The molecule has 31 heavy (non-hydrogen) atoms. The fraction of sp³-hybridized carbons (Fsp3) is 0.611. The molecular formula is C18H23F4N7O2. The Morgan fingerprint density at radius 3 is 2.29 bits per heavy atom. The van der Waals surface area contributed by atoms with Gasteiger partial charge in [-0.15, -0.1) is 5.10 Å². The second-order valence-corrected chi connectivity index (χ2v) is 7.32. The number of carbonyl (C=O) groups is 1. The number of likely N-dealkylation sites (tertiary alicyclic amines) is 1. The van der Waals surface area contributed by atoms with Gasteiger partial charge in [-0.25, -0.2) is 23.8 Å². The van der Waals surface area contributed by atoms with Crippen LogP contribution in [0.25, 0.3) is 0 Å². The van der Waals surface area contributed by atoms with Crippen LogP contribution in [0.15, 0.2) is 12.4 Å². The van der Waals surface area contributed by atoms with Crippen LogP contribution < -0.4 is 4.90 Å². The van der Waals surface area contributed by atoms with E-state index in [0.717, 1.165) is 50.5 Å². The molecule has 13 heteroatoms. The maximum Gasteiger partial charge on any atom is 0.490 e. The van der Waals surface area contributed by atoms with Crippen molar-refractivity contribution in [1.82, 2.24) is 29.9 Å². The second-order valence-electron chi connectivity index (χ2n) is 7.32. The van der Waals surface area contributed by atoms with Gasteiger partial charge in [0.25, 0.3) is 0 Å². The molecule has 0 atom stereocenters. The highest BCUT2D eigenvalue weighted by Gasteiger charge is 2.38. The molecule has 2 aromatic rings. The highest BCUT2D eigenvalue weighted by Crippen LogP contribution is 2.21. The average Bonchev–Trinajstić information content (AvgIpc) is 2.96. The molecule has 0 saturated carbocycles. The van der Waals surface area contributed by atoms with Gasteiger partial charge in [0.1, 0.15) is 5.69 Å². The number of halogens is 4. The average molecular weight is 445 g/mol. The summed E-state index contributed by atoms with van der Waals surface area (Å²) in [6.07, 6.45) is 2.15. The molecule has 1 fully saturated rings. The topological polar surface area (TPSA) is 100 Å². The first kappa shape index (κ1) is 22.8. The SMILES string of the molecule is Fc1cnc(N2CCCn3nnc(CN4CCCCC4)c3C2)nc1.O=C(O)C(F)(F)F. The van der Waals surface area contributed by atoms with Crippen molar-refractivity contribution in [1.29, 1.82) is 0 Å². The molecule has 0 aromatic carbocycles. The number of nitrogens with zero attached hydrogens (tertiary/aromatic N) is 7. The van der Waals surface area contributed by atoms with E-state index in [-0.39, 0.29) is 0 Å². The summed E-state index contributed by atoms with van der Waals surface area (Å²) in [5.74, 6) is -2.60. The Morgan fingerprint density at radius 2 is 1.68 bits per heavy atom. The molecule has 0 spiro atoms. The fourth-order valence-electron chi connectivity index (χ4n) is 3.48. The Labute approximate surface area is 175 Å². The van der Waals surface area contributed by atoms with E-state index in [1.54, 1.807) is 0 Å². The van der Waals surface area contributed by atoms with Crippen molar-refractivity contribution in [3.8, 4) is 0 Å². The van der Waals surface area contributed by atoms with Crippen molar-refractivity contribution in [2.75, 3.05) is 24.5 Å². The minimum atomic E-state index is -5.08. The third-order valence-corrected chi connectivity index (χ3v) is 5.01. The maximum absolute atomic E-state index is 13.1.